The third-order valence-corrected chi connectivity index (χ3v) is 6.32. The van der Waals surface area contributed by atoms with Gasteiger partial charge in [0.2, 0.25) is 0 Å². The van der Waals surface area contributed by atoms with E-state index in [0.29, 0.717) is 28.7 Å². The molecule has 0 saturated heterocycles. The molecule has 158 valence electrons. The van der Waals surface area contributed by atoms with E-state index < -0.39 is 0 Å². The highest BCUT2D eigenvalue weighted by Gasteiger charge is 2.13. The molecule has 0 fully saturated rings. The zero-order chi connectivity index (χ0) is 21.8. The zero-order valence-corrected chi connectivity index (χ0v) is 19.1. The fourth-order valence-corrected chi connectivity index (χ4v) is 4.65. The molecule has 3 aromatic carbocycles. The largest absolute Gasteiger partial charge is 0.497 e. The highest BCUT2D eigenvalue weighted by Crippen LogP contribution is 2.36. The lowest BCUT2D eigenvalue weighted by molar-refractivity contribution is 0.0950. The Hall–Kier alpha value is -2.60. The quantitative estimate of drug-likeness (QED) is 0.319. The molecule has 0 spiro atoms. The van der Waals surface area contributed by atoms with Crippen LogP contribution in [0.5, 0.6) is 5.75 Å². The van der Waals surface area contributed by atoms with Crippen LogP contribution in [0.4, 0.5) is 0 Å². The number of aromatic amines is 1. The fourth-order valence-electron chi connectivity index (χ4n) is 3.25. The lowest BCUT2D eigenvalue weighted by Crippen LogP contribution is -2.25. The van der Waals surface area contributed by atoms with Gasteiger partial charge in [0.25, 0.3) is 5.91 Å². The number of nitrogens with one attached hydrogen (secondary N) is 2. The van der Waals surface area contributed by atoms with Crippen molar-refractivity contribution in [2.24, 2.45) is 0 Å². The average molecular weight is 471 g/mol. The number of hydrogen-bond donors (Lipinski definition) is 2. The molecule has 0 aliphatic carbocycles. The molecule has 4 nitrogen and oxygen atoms in total. The summed E-state index contributed by atoms with van der Waals surface area (Å²) in [5, 5.41) is 5.21. The van der Waals surface area contributed by atoms with Gasteiger partial charge in [0.15, 0.2) is 0 Å². The predicted molar refractivity (Wildman–Crippen MR) is 128 cm³/mol. The van der Waals surface area contributed by atoms with Gasteiger partial charge < -0.3 is 15.0 Å². The van der Waals surface area contributed by atoms with Gasteiger partial charge in [0, 0.05) is 37.3 Å². The molecule has 31 heavy (non-hydrogen) atoms. The Labute approximate surface area is 194 Å². The van der Waals surface area contributed by atoms with E-state index in [-0.39, 0.29) is 5.91 Å². The Bertz CT molecular complexity index is 1220. The highest BCUT2D eigenvalue weighted by atomic mass is 35.5. The van der Waals surface area contributed by atoms with Crippen molar-refractivity contribution in [1.29, 1.82) is 0 Å². The molecular weight excluding hydrogens is 451 g/mol. The third-order valence-electron chi connectivity index (χ3n) is 4.78. The summed E-state index contributed by atoms with van der Waals surface area (Å²) in [6, 6.07) is 21.0. The van der Waals surface area contributed by atoms with Crippen molar-refractivity contribution in [2.45, 2.75) is 16.2 Å². The van der Waals surface area contributed by atoms with Crippen molar-refractivity contribution in [1.82, 2.24) is 10.3 Å². The molecule has 0 bridgehead atoms. The van der Waals surface area contributed by atoms with Crippen LogP contribution in [0.1, 0.15) is 16.1 Å². The first-order valence-electron chi connectivity index (χ1n) is 9.68. The number of methoxy groups -OCH3 is 1. The maximum atomic E-state index is 12.7. The van der Waals surface area contributed by atoms with E-state index >= 15 is 0 Å². The Morgan fingerprint density at radius 3 is 2.61 bits per heavy atom. The van der Waals surface area contributed by atoms with Crippen LogP contribution in [-0.4, -0.2) is 24.5 Å². The number of carbonyl (C=O) groups excluding carboxylic acids is 1. The van der Waals surface area contributed by atoms with Gasteiger partial charge in [-0.3, -0.25) is 4.79 Å². The van der Waals surface area contributed by atoms with E-state index in [1.165, 1.54) is 0 Å². The predicted octanol–water partition coefficient (Wildman–Crippen LogP) is 6.61. The molecule has 4 rings (SSSR count). The number of H-pyrrole nitrogens is 1. The van der Waals surface area contributed by atoms with E-state index in [9.17, 15) is 4.79 Å². The van der Waals surface area contributed by atoms with Crippen LogP contribution < -0.4 is 10.1 Å². The van der Waals surface area contributed by atoms with Crippen LogP contribution in [0.2, 0.25) is 10.0 Å². The second-order valence-corrected chi connectivity index (χ2v) is 8.95. The molecule has 1 aromatic heterocycles. The Kier molecular flexibility index (Phi) is 6.76. The summed E-state index contributed by atoms with van der Waals surface area (Å²) in [5.41, 5.74) is 2.42. The van der Waals surface area contributed by atoms with Crippen LogP contribution in [0.3, 0.4) is 0 Å². The van der Waals surface area contributed by atoms with Crippen molar-refractivity contribution < 1.29 is 9.53 Å². The summed E-state index contributed by atoms with van der Waals surface area (Å²) in [5.74, 6) is 0.653. The van der Waals surface area contributed by atoms with E-state index in [1.807, 2.05) is 66.7 Å². The summed E-state index contributed by atoms with van der Waals surface area (Å²) >= 11 is 13.9. The molecule has 0 aliphatic rings. The van der Waals surface area contributed by atoms with Crippen LogP contribution in [0, 0.1) is 0 Å². The monoisotopic (exact) mass is 470 g/mol. The van der Waals surface area contributed by atoms with Crippen molar-refractivity contribution in [3.05, 3.63) is 88.0 Å². The molecule has 0 aliphatic heterocycles. The van der Waals surface area contributed by atoms with Crippen LogP contribution in [0.25, 0.3) is 10.9 Å². The summed E-state index contributed by atoms with van der Waals surface area (Å²) in [6.07, 6.45) is 0.715. The number of fused-ring (bicyclic) bond motifs is 1. The minimum Gasteiger partial charge on any atom is -0.497 e. The first kappa shape index (κ1) is 21.6. The number of rotatable bonds is 7. The highest BCUT2D eigenvalue weighted by molar-refractivity contribution is 7.99. The third kappa shape index (κ3) is 5.37. The zero-order valence-electron chi connectivity index (χ0n) is 16.7. The fraction of sp³-hybridized carbons (Fsp3) is 0.125. The molecule has 0 atom stereocenters. The lowest BCUT2D eigenvalue weighted by atomic mass is 10.1. The van der Waals surface area contributed by atoms with E-state index in [1.54, 1.807) is 18.9 Å². The van der Waals surface area contributed by atoms with Crippen molar-refractivity contribution in [3.63, 3.8) is 0 Å². The average Bonchev–Trinajstić information content (AvgIpc) is 3.20. The summed E-state index contributed by atoms with van der Waals surface area (Å²) in [7, 11) is 1.64. The molecule has 4 aromatic rings. The summed E-state index contributed by atoms with van der Waals surface area (Å²) < 4.78 is 5.24. The first-order valence-corrected chi connectivity index (χ1v) is 11.3. The number of halogens is 2. The number of benzene rings is 3. The first-order chi connectivity index (χ1) is 15.0. The van der Waals surface area contributed by atoms with Gasteiger partial charge in [-0.25, -0.2) is 0 Å². The van der Waals surface area contributed by atoms with Gasteiger partial charge in [-0.1, -0.05) is 47.1 Å². The minimum atomic E-state index is -0.155. The molecule has 1 heterocycles. The van der Waals surface area contributed by atoms with Gasteiger partial charge in [-0.15, -0.1) is 0 Å². The topological polar surface area (TPSA) is 54.1 Å². The molecular formula is C24H20Cl2N2O2S. The van der Waals surface area contributed by atoms with Crippen LogP contribution in [0.15, 0.2) is 76.5 Å². The second-order valence-electron chi connectivity index (χ2n) is 6.96. The van der Waals surface area contributed by atoms with Gasteiger partial charge in [-0.2, -0.15) is 0 Å². The van der Waals surface area contributed by atoms with Gasteiger partial charge in [0.1, 0.15) is 11.4 Å². The standard InChI is InChI=1S/C24H20Cl2N2O2S/c1-30-18-4-2-3-15(11-18)9-10-27-24(29)22-14-20-21(28-22)12-17(26)13-23(20)31-19-7-5-16(25)6-8-19/h2-8,11-14,28H,9-10H2,1H3,(H,27,29). The number of amides is 1. The molecule has 1 amide bonds. The maximum absolute atomic E-state index is 12.7. The second kappa shape index (κ2) is 9.69. The summed E-state index contributed by atoms with van der Waals surface area (Å²) in [6.45, 7) is 0.522. The lowest BCUT2D eigenvalue weighted by Gasteiger charge is -2.06. The van der Waals surface area contributed by atoms with E-state index in [0.717, 1.165) is 32.0 Å². The number of ether oxygens (including phenoxy) is 1. The maximum Gasteiger partial charge on any atom is 0.267 e. The van der Waals surface area contributed by atoms with Crippen LogP contribution >= 0.6 is 35.0 Å². The van der Waals surface area contributed by atoms with Gasteiger partial charge in [-0.05, 0) is 66.6 Å². The van der Waals surface area contributed by atoms with Crippen molar-refractivity contribution >= 4 is 51.8 Å². The Balaban J connectivity index is 1.48. The number of carbonyl (C=O) groups is 1. The molecule has 0 unspecified atom stereocenters. The summed E-state index contributed by atoms with van der Waals surface area (Å²) in [4.78, 5) is 17.9. The number of hydrogen-bond acceptors (Lipinski definition) is 3. The Morgan fingerprint density at radius 1 is 1.03 bits per heavy atom. The van der Waals surface area contributed by atoms with E-state index in [4.69, 9.17) is 27.9 Å². The smallest absolute Gasteiger partial charge is 0.267 e. The van der Waals surface area contributed by atoms with Crippen molar-refractivity contribution in [2.75, 3.05) is 13.7 Å². The minimum absolute atomic E-state index is 0.155. The normalized spacial score (nSPS) is 10.9. The molecule has 7 heteroatoms. The van der Waals surface area contributed by atoms with E-state index in [2.05, 4.69) is 10.3 Å². The van der Waals surface area contributed by atoms with Crippen molar-refractivity contribution in [3.8, 4) is 5.75 Å². The Morgan fingerprint density at radius 2 is 1.84 bits per heavy atom. The van der Waals surface area contributed by atoms with Crippen LogP contribution in [-0.2, 0) is 6.42 Å². The molecule has 2 N–H and O–H groups in total. The molecule has 0 saturated carbocycles. The number of aromatic nitrogens is 1. The SMILES string of the molecule is COc1cccc(CCNC(=O)c2cc3c(Sc4ccc(Cl)cc4)cc(Cl)cc3[nH]2)c1. The molecule has 0 radical (unpaired) electrons. The van der Waals surface area contributed by atoms with Gasteiger partial charge >= 0.3 is 0 Å². The van der Waals surface area contributed by atoms with Gasteiger partial charge in [0.05, 0.1) is 7.11 Å².